The molecule has 1 atom stereocenters. The lowest BCUT2D eigenvalue weighted by Gasteiger charge is -2.29. The molecular weight excluding hydrogens is 238 g/mol. The van der Waals surface area contributed by atoms with Crippen molar-refractivity contribution in [3.63, 3.8) is 0 Å². The van der Waals surface area contributed by atoms with Crippen LogP contribution in [0, 0.1) is 5.92 Å². The highest BCUT2D eigenvalue weighted by Crippen LogP contribution is 2.18. The summed E-state index contributed by atoms with van der Waals surface area (Å²) < 4.78 is 5.33. The molecule has 1 saturated heterocycles. The maximum absolute atomic E-state index is 5.33. The molecule has 4 heteroatoms. The third-order valence-corrected chi connectivity index (χ3v) is 3.80. The molecule has 1 fully saturated rings. The number of nitrogens with one attached hydrogen (secondary N) is 1. The van der Waals surface area contributed by atoms with Gasteiger partial charge in [0, 0.05) is 24.8 Å². The number of nitrogens with zero attached hydrogens (tertiary/aromatic N) is 2. The van der Waals surface area contributed by atoms with E-state index in [9.17, 15) is 0 Å². The molecule has 2 rings (SSSR count). The van der Waals surface area contributed by atoms with E-state index in [0.29, 0.717) is 0 Å². The van der Waals surface area contributed by atoms with E-state index in [2.05, 4.69) is 28.2 Å². The van der Waals surface area contributed by atoms with Crippen LogP contribution in [0.5, 0.6) is 5.88 Å². The lowest BCUT2D eigenvalue weighted by molar-refractivity contribution is 0.207. The SMILES string of the molecule is CCN(Cc1cccnc1OC)CC1CCCNC1. The lowest BCUT2D eigenvalue weighted by atomic mass is 9.99. The molecule has 1 unspecified atom stereocenters. The van der Waals surface area contributed by atoms with E-state index >= 15 is 0 Å². The highest BCUT2D eigenvalue weighted by Gasteiger charge is 2.17. The van der Waals surface area contributed by atoms with Crippen molar-refractivity contribution < 1.29 is 4.74 Å². The first-order valence-corrected chi connectivity index (χ1v) is 7.24. The largest absolute Gasteiger partial charge is 0.481 e. The van der Waals surface area contributed by atoms with Crippen LogP contribution in [0.1, 0.15) is 25.3 Å². The van der Waals surface area contributed by atoms with Crippen molar-refractivity contribution in [1.82, 2.24) is 15.2 Å². The van der Waals surface area contributed by atoms with Gasteiger partial charge in [-0.25, -0.2) is 4.98 Å². The minimum absolute atomic E-state index is 0.753. The zero-order chi connectivity index (χ0) is 13.5. The van der Waals surface area contributed by atoms with Crippen molar-refractivity contribution in [2.45, 2.75) is 26.3 Å². The van der Waals surface area contributed by atoms with Crippen molar-refractivity contribution in [3.05, 3.63) is 23.9 Å². The van der Waals surface area contributed by atoms with Gasteiger partial charge in [0.1, 0.15) is 0 Å². The second-order valence-electron chi connectivity index (χ2n) is 5.21. The fourth-order valence-corrected chi connectivity index (χ4v) is 2.72. The molecule has 0 saturated carbocycles. The molecule has 1 aliphatic heterocycles. The Morgan fingerprint density at radius 1 is 1.53 bits per heavy atom. The topological polar surface area (TPSA) is 37.4 Å². The summed E-state index contributed by atoms with van der Waals surface area (Å²) in [6, 6.07) is 4.08. The highest BCUT2D eigenvalue weighted by atomic mass is 16.5. The monoisotopic (exact) mass is 263 g/mol. The number of methoxy groups -OCH3 is 1. The third kappa shape index (κ3) is 4.18. The summed E-state index contributed by atoms with van der Waals surface area (Å²) in [4.78, 5) is 6.75. The molecule has 0 bridgehead atoms. The van der Waals surface area contributed by atoms with Gasteiger partial charge in [-0.1, -0.05) is 13.0 Å². The average molecular weight is 263 g/mol. The first-order chi connectivity index (χ1) is 9.33. The average Bonchev–Trinajstić information content (AvgIpc) is 2.48. The number of rotatable bonds is 6. The van der Waals surface area contributed by atoms with Gasteiger partial charge in [0.05, 0.1) is 7.11 Å². The first kappa shape index (κ1) is 14.3. The molecule has 1 aromatic rings. The van der Waals surface area contributed by atoms with Crippen LogP contribution in [0.3, 0.4) is 0 Å². The summed E-state index contributed by atoms with van der Waals surface area (Å²) in [7, 11) is 1.69. The van der Waals surface area contributed by atoms with Gasteiger partial charge < -0.3 is 10.1 Å². The molecule has 1 N–H and O–H groups in total. The summed E-state index contributed by atoms with van der Waals surface area (Å²) in [6.45, 7) is 7.69. The molecule has 0 aliphatic carbocycles. The van der Waals surface area contributed by atoms with Crippen LogP contribution in [0.2, 0.25) is 0 Å². The molecule has 0 spiro atoms. The fourth-order valence-electron chi connectivity index (χ4n) is 2.72. The normalized spacial score (nSPS) is 19.6. The molecular formula is C15H25N3O. The van der Waals surface area contributed by atoms with Crippen molar-refractivity contribution >= 4 is 0 Å². The fraction of sp³-hybridized carbons (Fsp3) is 0.667. The summed E-state index contributed by atoms with van der Waals surface area (Å²) in [6.07, 6.45) is 4.43. The van der Waals surface area contributed by atoms with E-state index in [1.54, 1.807) is 13.3 Å². The maximum Gasteiger partial charge on any atom is 0.217 e. The van der Waals surface area contributed by atoms with E-state index in [4.69, 9.17) is 4.74 Å². The number of pyridine rings is 1. The van der Waals surface area contributed by atoms with Crippen LogP contribution < -0.4 is 10.1 Å². The van der Waals surface area contributed by atoms with Gasteiger partial charge in [0.15, 0.2) is 0 Å². The molecule has 106 valence electrons. The summed E-state index contributed by atoms with van der Waals surface area (Å²) in [5.74, 6) is 1.53. The van der Waals surface area contributed by atoms with Gasteiger partial charge in [-0.2, -0.15) is 0 Å². The van der Waals surface area contributed by atoms with Gasteiger partial charge in [0.2, 0.25) is 5.88 Å². The third-order valence-electron chi connectivity index (χ3n) is 3.80. The van der Waals surface area contributed by atoms with Crippen LogP contribution in [0.15, 0.2) is 18.3 Å². The van der Waals surface area contributed by atoms with Gasteiger partial charge >= 0.3 is 0 Å². The summed E-state index contributed by atoms with van der Waals surface area (Å²) in [5, 5.41) is 3.49. The number of hydrogen-bond donors (Lipinski definition) is 1. The van der Waals surface area contributed by atoms with Crippen molar-refractivity contribution in [1.29, 1.82) is 0 Å². The number of ether oxygens (including phenoxy) is 1. The Morgan fingerprint density at radius 3 is 3.11 bits per heavy atom. The molecule has 1 aliphatic rings. The molecule has 0 amide bonds. The zero-order valence-electron chi connectivity index (χ0n) is 12.1. The molecule has 0 aromatic carbocycles. The van der Waals surface area contributed by atoms with E-state index < -0.39 is 0 Å². The van der Waals surface area contributed by atoms with Gasteiger partial charge in [-0.15, -0.1) is 0 Å². The Balaban J connectivity index is 1.94. The van der Waals surface area contributed by atoms with Gasteiger partial charge in [-0.05, 0) is 44.5 Å². The van der Waals surface area contributed by atoms with E-state index in [-0.39, 0.29) is 0 Å². The standard InChI is InChI=1S/C15H25N3O/c1-3-18(11-13-6-4-8-16-10-13)12-14-7-5-9-17-15(14)19-2/h5,7,9,13,16H,3-4,6,8,10-12H2,1-2H3. The highest BCUT2D eigenvalue weighted by molar-refractivity contribution is 5.25. The molecule has 1 aromatic heterocycles. The van der Waals surface area contributed by atoms with Gasteiger partial charge in [0.25, 0.3) is 0 Å². The van der Waals surface area contributed by atoms with E-state index in [1.807, 2.05) is 6.07 Å². The number of aromatic nitrogens is 1. The first-order valence-electron chi connectivity index (χ1n) is 7.24. The van der Waals surface area contributed by atoms with Crippen molar-refractivity contribution in [2.75, 3.05) is 33.3 Å². The number of piperidine rings is 1. The lowest BCUT2D eigenvalue weighted by Crippen LogP contribution is -2.38. The summed E-state index contributed by atoms with van der Waals surface area (Å²) in [5.41, 5.74) is 1.18. The Morgan fingerprint density at radius 2 is 2.42 bits per heavy atom. The van der Waals surface area contributed by atoms with Crippen LogP contribution in [-0.4, -0.2) is 43.2 Å². The van der Waals surface area contributed by atoms with Crippen LogP contribution in [0.25, 0.3) is 0 Å². The quantitative estimate of drug-likeness (QED) is 0.851. The second-order valence-corrected chi connectivity index (χ2v) is 5.21. The Labute approximate surface area is 116 Å². The van der Waals surface area contributed by atoms with Crippen LogP contribution in [-0.2, 0) is 6.54 Å². The molecule has 0 radical (unpaired) electrons. The Hall–Kier alpha value is -1.13. The van der Waals surface area contributed by atoms with Crippen molar-refractivity contribution in [3.8, 4) is 5.88 Å². The molecule has 19 heavy (non-hydrogen) atoms. The maximum atomic E-state index is 5.33. The van der Waals surface area contributed by atoms with Gasteiger partial charge in [-0.3, -0.25) is 4.90 Å². The smallest absolute Gasteiger partial charge is 0.217 e. The summed E-state index contributed by atoms with van der Waals surface area (Å²) >= 11 is 0. The van der Waals surface area contributed by atoms with Crippen molar-refractivity contribution in [2.24, 2.45) is 5.92 Å². The van der Waals surface area contributed by atoms with E-state index in [1.165, 1.54) is 24.9 Å². The number of hydrogen-bond acceptors (Lipinski definition) is 4. The second kappa shape index (κ2) is 7.46. The minimum Gasteiger partial charge on any atom is -0.481 e. The van der Waals surface area contributed by atoms with Crippen LogP contribution in [0.4, 0.5) is 0 Å². The molecule has 2 heterocycles. The Bertz CT molecular complexity index is 377. The molecule has 4 nitrogen and oxygen atoms in total. The zero-order valence-corrected chi connectivity index (χ0v) is 12.1. The minimum atomic E-state index is 0.753. The van der Waals surface area contributed by atoms with Crippen LogP contribution >= 0.6 is 0 Å². The van der Waals surface area contributed by atoms with E-state index in [0.717, 1.165) is 38.0 Å². The predicted octanol–water partition coefficient (Wildman–Crippen LogP) is 1.91. The Kier molecular flexibility index (Phi) is 5.61. The predicted molar refractivity (Wildman–Crippen MR) is 77.3 cm³/mol.